The number of aromatic amines is 1. The van der Waals surface area contributed by atoms with Gasteiger partial charge in [-0.15, -0.1) is 0 Å². The van der Waals surface area contributed by atoms with Crippen LogP contribution in [-0.2, 0) is 97.5 Å². The van der Waals surface area contributed by atoms with Crippen LogP contribution >= 0.6 is 43.2 Å². The van der Waals surface area contributed by atoms with Crippen molar-refractivity contribution in [2.45, 2.75) is 183 Å². The normalized spacial score (nSPS) is 28.6. The summed E-state index contributed by atoms with van der Waals surface area (Å²) >= 11 is 0. The number of H-pyrrole nitrogens is 1. The second-order valence-corrected chi connectivity index (χ2v) is 31.4. The molecule has 109 heavy (non-hydrogen) atoms. The molecule has 2 bridgehead atoms. The van der Waals surface area contributed by atoms with Gasteiger partial charge in [0.1, 0.15) is 90.6 Å². The van der Waals surface area contributed by atoms with Gasteiger partial charge in [-0.1, -0.05) is 77.3 Å². The molecule has 1 aromatic heterocycles. The van der Waals surface area contributed by atoms with E-state index in [4.69, 9.17) is 28.7 Å². The summed E-state index contributed by atoms with van der Waals surface area (Å²) in [4.78, 5) is 274. The summed E-state index contributed by atoms with van der Waals surface area (Å²) < 4.78 is 0. The zero-order valence-electron chi connectivity index (χ0n) is 60.2. The third-order valence-corrected chi connectivity index (χ3v) is 22.5. The molecule has 0 spiro atoms. The fraction of sp³-hybridized carbons (Fsp3) is 0.645. The largest absolute Gasteiger partial charge is 0.481 e. The second-order valence-electron chi connectivity index (χ2n) is 26.3. The first kappa shape index (κ1) is 90.0. The Labute approximate surface area is 640 Å². The molecule has 5 rings (SSSR count). The molecule has 18 amide bonds. The molecule has 0 aliphatic carbocycles. The molecule has 4 saturated heterocycles. The molecule has 0 saturated carbocycles. The van der Waals surface area contributed by atoms with Crippen molar-refractivity contribution in [2.75, 3.05) is 55.8 Å². The van der Waals surface area contributed by atoms with E-state index in [2.05, 4.69) is 79.1 Å². The smallest absolute Gasteiger partial charge is 0.305 e. The minimum atomic E-state index is -1.99. The number of nitrogens with zero attached hydrogens (tertiary/aromatic N) is 3. The predicted octanol–water partition coefficient (Wildman–Crippen LogP) is -10.6. The van der Waals surface area contributed by atoms with Crippen molar-refractivity contribution in [1.82, 2.24) is 88.9 Å². The number of carboxylic acid groups (broad SMARTS) is 1. The number of hydrogen-bond donors (Lipinski definition) is 21. The van der Waals surface area contributed by atoms with Gasteiger partial charge in [-0.25, -0.2) is 4.98 Å². The van der Waals surface area contributed by atoms with Gasteiger partial charge in [0.2, 0.25) is 106 Å². The van der Waals surface area contributed by atoms with E-state index in [1.807, 2.05) is 0 Å². The Kier molecular flexibility index (Phi) is 36.0. The first-order valence-electron chi connectivity index (χ1n) is 34.6. The zero-order valence-corrected chi connectivity index (χ0v) is 63.5. The Morgan fingerprint density at radius 3 is 1.54 bits per heavy atom. The van der Waals surface area contributed by atoms with E-state index >= 15 is 0 Å². The predicted molar refractivity (Wildman–Crippen MR) is 391 cm³/mol. The van der Waals surface area contributed by atoms with Gasteiger partial charge >= 0.3 is 5.97 Å². The number of carbonyl (C=O) groups is 19. The molecule has 604 valence electrons. The lowest BCUT2D eigenvalue weighted by atomic mass is 9.97. The number of hydrogen-bond acceptors (Lipinski definition) is 27. The average Bonchev–Trinajstić information content (AvgIpc) is 1.72. The molecule has 47 heteroatoms. The van der Waals surface area contributed by atoms with Crippen molar-refractivity contribution in [3.63, 3.8) is 0 Å². The highest BCUT2D eigenvalue weighted by atomic mass is 33.1. The lowest BCUT2D eigenvalue weighted by Gasteiger charge is -2.31. The van der Waals surface area contributed by atoms with E-state index in [1.54, 1.807) is 6.92 Å². The Bertz CT molecular complexity index is 3530. The summed E-state index contributed by atoms with van der Waals surface area (Å²) in [6.07, 6.45) is -0.391. The van der Waals surface area contributed by atoms with Crippen molar-refractivity contribution in [2.24, 2.45) is 40.5 Å². The fourth-order valence-corrected chi connectivity index (χ4v) is 16.1. The molecule has 5 heterocycles. The Morgan fingerprint density at radius 1 is 0.541 bits per heavy atom. The van der Waals surface area contributed by atoms with Crippen LogP contribution in [0.5, 0.6) is 0 Å². The van der Waals surface area contributed by atoms with Crippen LogP contribution in [0.4, 0.5) is 0 Å². The number of carbonyl (C=O) groups excluding carboxylic acids is 18. The number of carboxylic acids is 1. The van der Waals surface area contributed by atoms with Gasteiger partial charge in [0.15, 0.2) is 0 Å². The number of aliphatic hydroxyl groups excluding tert-OH is 1. The van der Waals surface area contributed by atoms with Crippen LogP contribution in [-0.4, -0.2) is 289 Å². The summed E-state index contributed by atoms with van der Waals surface area (Å²) in [5.74, 6) is -25.0. The average molecular weight is 1610 g/mol. The van der Waals surface area contributed by atoms with Gasteiger partial charge < -0.3 is 123 Å². The number of amides is 18. The molecule has 4 aliphatic rings. The molecular formula is C62H96N22O21S4. The maximum Gasteiger partial charge on any atom is 0.305 e. The highest BCUT2D eigenvalue weighted by Crippen LogP contribution is 2.27. The number of primary amides is 3. The minimum absolute atomic E-state index is 0.0451. The lowest BCUT2D eigenvalue weighted by molar-refractivity contribution is -0.145. The van der Waals surface area contributed by atoms with E-state index < -0.39 is 277 Å². The van der Waals surface area contributed by atoms with Crippen LogP contribution in [0, 0.1) is 11.8 Å². The maximum absolute atomic E-state index is 14.7. The number of fused-ring (bicyclic) bond motifs is 10. The molecule has 4 aliphatic heterocycles. The summed E-state index contributed by atoms with van der Waals surface area (Å²) in [6.45, 7) is 4.42. The van der Waals surface area contributed by atoms with E-state index in [0.29, 0.717) is 5.69 Å². The number of imidazole rings is 1. The second kappa shape index (κ2) is 43.6. The first-order valence-corrected chi connectivity index (χ1v) is 39.6. The van der Waals surface area contributed by atoms with Crippen LogP contribution in [0.2, 0.25) is 0 Å². The molecule has 1 aromatic rings. The van der Waals surface area contributed by atoms with Crippen LogP contribution in [0.25, 0.3) is 0 Å². The highest BCUT2D eigenvalue weighted by molar-refractivity contribution is 8.77. The molecule has 0 radical (unpaired) electrons. The summed E-state index contributed by atoms with van der Waals surface area (Å²) in [5.41, 5.74) is 28.9. The van der Waals surface area contributed by atoms with Crippen LogP contribution in [0.15, 0.2) is 12.5 Å². The number of rotatable bonds is 16. The van der Waals surface area contributed by atoms with E-state index in [1.165, 1.54) is 40.2 Å². The number of nitrogens with one attached hydrogen (secondary N) is 14. The summed E-state index contributed by atoms with van der Waals surface area (Å²) in [7, 11) is 3.16. The monoisotopic (exact) mass is 1610 g/mol. The van der Waals surface area contributed by atoms with Gasteiger partial charge in [0, 0.05) is 61.0 Å². The van der Waals surface area contributed by atoms with Crippen molar-refractivity contribution in [3.05, 3.63) is 18.2 Å². The minimum Gasteiger partial charge on any atom is -0.481 e. The van der Waals surface area contributed by atoms with Crippen LogP contribution in [0.3, 0.4) is 0 Å². The SMILES string of the molecule is CC[C@H](C)[C@@H]1NC(=O)[C@H](CC(=O)O)NC(=O)[C@@H]2CCCN2C(=O)[C@H](CC(N)=O)NC(=O)[C@H](CC(N)=O)NC(=O)[C@H](C(C)C)NC(=O)C(CN)NC(=O)[C@@H]2CSSC[C@H](NC(=O)CN)C(=O)N[C@@H](CSSC[C@@H](C(N)=O)NC1=O)C(=O)N[C@@H](CO)C(=O)N[C@@H](Cc1cnc[nH]1)C(=O)N1CCC[C@H]1C(=O)N[C@@H](C)C(=O)N2. The Hall–Kier alpha value is -9.58. The molecule has 0 aromatic carbocycles. The van der Waals surface area contributed by atoms with Gasteiger partial charge in [0.05, 0.1) is 38.7 Å². The maximum atomic E-state index is 14.7. The van der Waals surface area contributed by atoms with E-state index in [-0.39, 0.29) is 51.6 Å². The van der Waals surface area contributed by atoms with Gasteiger partial charge in [-0.3, -0.25) is 91.1 Å². The zero-order chi connectivity index (χ0) is 81.1. The third-order valence-electron chi connectivity index (χ3n) is 17.7. The quantitative estimate of drug-likeness (QED) is 0.0684. The van der Waals surface area contributed by atoms with Crippen LogP contribution < -0.4 is 97.8 Å². The van der Waals surface area contributed by atoms with Gasteiger partial charge in [0.25, 0.3) is 0 Å². The van der Waals surface area contributed by atoms with Crippen LogP contribution in [0.1, 0.15) is 91.7 Å². The molecule has 26 N–H and O–H groups in total. The lowest BCUT2D eigenvalue weighted by Crippen LogP contribution is -2.62. The molecule has 4 fully saturated rings. The van der Waals surface area contributed by atoms with E-state index in [9.17, 15) is 101 Å². The number of nitrogens with two attached hydrogens (primary N) is 5. The Balaban J connectivity index is 1.65. The summed E-state index contributed by atoms with van der Waals surface area (Å²) in [6, 6.07) is -25.4. The van der Waals surface area contributed by atoms with Crippen molar-refractivity contribution < 1.29 is 101 Å². The molecular weight excluding hydrogens is 1520 g/mol. The standard InChI is InChI=1S/C62H96N22O21S4/c1-6-27(4)47-60(103)78-36(48(67)91)21-106-108-24-39-56(99)77-35(20-85)53(96)74-32(13-29-19-68-25-69-29)61(104)83-11-7-9-40(83)57(100)70-28(5)49(92)79-38(23-109-107-22-37(54(97)80-39)71-44(88)18-64)55(98)76-34(17-63)52(95)81-46(26(2)3)59(102)73-30(14-42(65)86)50(93)75-33(15-43(66)87)62(105)84-12-8-10-41(84)58(101)72-31(16-45(89)90)51(94)82-47/h19,25-28,30-41,46-47,85H,6-18,20-24,63-64H2,1-5H3,(H2,65,86)(H2,66,87)(H2,67,91)(H,68,69)(H,70,100)(H,71,88)(H,72,101)(H,73,102)(H,74,96)(H,75,93)(H,76,98)(H,77,99)(H,78,103)(H,79,92)(H,80,97)(H,81,95)(H,82,94)(H,89,90)/t27-,28-,30-,31-,32-,33-,34?,35-,36-,37-,38-,39-,40-,41-,46-,47-/m0/s1. The third kappa shape index (κ3) is 27.2. The van der Waals surface area contributed by atoms with Crippen molar-refractivity contribution in [3.8, 4) is 0 Å². The molecule has 1 unspecified atom stereocenters. The fourth-order valence-electron chi connectivity index (χ4n) is 11.5. The molecule has 16 atom stereocenters. The van der Waals surface area contributed by atoms with E-state index in [0.717, 1.165) is 53.0 Å². The summed E-state index contributed by atoms with van der Waals surface area (Å²) in [5, 5.41) is 52.1. The number of aliphatic hydroxyl groups is 1. The highest BCUT2D eigenvalue weighted by Gasteiger charge is 2.44. The van der Waals surface area contributed by atoms with Crippen molar-refractivity contribution >= 4 is 155 Å². The van der Waals surface area contributed by atoms with Crippen molar-refractivity contribution in [1.29, 1.82) is 0 Å². The van der Waals surface area contributed by atoms with Gasteiger partial charge in [-0.2, -0.15) is 0 Å². The van der Waals surface area contributed by atoms with Gasteiger partial charge in [-0.05, 0) is 44.4 Å². The topological polar surface area (TPSA) is 686 Å². The number of aliphatic carboxylic acids is 1. The molecule has 43 nitrogen and oxygen atoms in total. The number of aromatic nitrogens is 2. The first-order chi connectivity index (χ1) is 51.5. The Morgan fingerprint density at radius 2 is 1.01 bits per heavy atom.